The molecule has 2 unspecified atom stereocenters. The van der Waals surface area contributed by atoms with Crippen LogP contribution in [0.5, 0.6) is 0 Å². The van der Waals surface area contributed by atoms with Crippen molar-refractivity contribution in [1.82, 2.24) is 4.90 Å². The van der Waals surface area contributed by atoms with Gasteiger partial charge in [-0.15, -0.1) is 0 Å². The van der Waals surface area contributed by atoms with E-state index >= 15 is 0 Å². The van der Waals surface area contributed by atoms with E-state index in [2.05, 4.69) is 18.7 Å². The van der Waals surface area contributed by atoms with Crippen LogP contribution in [0.15, 0.2) is 0 Å². The SMILES string of the molecule is CCCC1CCN(CC2CCCCC2)C(C)C1. The van der Waals surface area contributed by atoms with Crippen LogP contribution in [0.2, 0.25) is 0 Å². The van der Waals surface area contributed by atoms with Gasteiger partial charge in [-0.2, -0.15) is 0 Å². The lowest BCUT2D eigenvalue weighted by atomic mass is 9.85. The van der Waals surface area contributed by atoms with Crippen molar-refractivity contribution in [2.24, 2.45) is 11.8 Å². The van der Waals surface area contributed by atoms with Crippen LogP contribution >= 0.6 is 0 Å². The fourth-order valence-electron chi connectivity index (χ4n) is 3.96. The highest BCUT2D eigenvalue weighted by molar-refractivity contribution is 4.81. The van der Waals surface area contributed by atoms with Crippen molar-refractivity contribution in [2.75, 3.05) is 13.1 Å². The van der Waals surface area contributed by atoms with Crippen molar-refractivity contribution in [3.05, 3.63) is 0 Å². The maximum atomic E-state index is 2.79. The average Bonchev–Trinajstić information content (AvgIpc) is 2.34. The minimum absolute atomic E-state index is 0.849. The Hall–Kier alpha value is -0.0400. The Morgan fingerprint density at radius 3 is 2.41 bits per heavy atom. The van der Waals surface area contributed by atoms with Crippen LogP contribution in [-0.2, 0) is 0 Å². The molecule has 2 aliphatic rings. The summed E-state index contributed by atoms with van der Waals surface area (Å²) in [4.78, 5) is 2.79. The zero-order chi connectivity index (χ0) is 12.1. The molecule has 1 saturated carbocycles. The fourth-order valence-corrected chi connectivity index (χ4v) is 3.96. The highest BCUT2D eigenvalue weighted by Crippen LogP contribution is 2.30. The molecular formula is C16H31N. The smallest absolute Gasteiger partial charge is 0.00696 e. The predicted octanol–water partition coefficient (Wildman–Crippen LogP) is 4.47. The molecule has 17 heavy (non-hydrogen) atoms. The number of rotatable bonds is 4. The first kappa shape index (κ1) is 13.4. The predicted molar refractivity (Wildman–Crippen MR) is 75.2 cm³/mol. The molecule has 0 bridgehead atoms. The molecule has 100 valence electrons. The van der Waals surface area contributed by atoms with Gasteiger partial charge in [-0.1, -0.05) is 39.0 Å². The molecule has 0 aromatic rings. The highest BCUT2D eigenvalue weighted by atomic mass is 15.2. The summed E-state index contributed by atoms with van der Waals surface area (Å²) in [7, 11) is 0. The third-order valence-electron chi connectivity index (χ3n) is 5.04. The first-order chi connectivity index (χ1) is 8.29. The van der Waals surface area contributed by atoms with Gasteiger partial charge in [0.1, 0.15) is 0 Å². The highest BCUT2D eigenvalue weighted by Gasteiger charge is 2.27. The minimum Gasteiger partial charge on any atom is -0.300 e. The first-order valence-electron chi connectivity index (χ1n) is 8.03. The van der Waals surface area contributed by atoms with Gasteiger partial charge in [0, 0.05) is 12.6 Å². The van der Waals surface area contributed by atoms with Gasteiger partial charge in [-0.25, -0.2) is 0 Å². The molecule has 1 aliphatic carbocycles. The van der Waals surface area contributed by atoms with Crippen molar-refractivity contribution >= 4 is 0 Å². The zero-order valence-corrected chi connectivity index (χ0v) is 12.0. The maximum Gasteiger partial charge on any atom is 0.00696 e. The quantitative estimate of drug-likeness (QED) is 0.697. The summed E-state index contributed by atoms with van der Waals surface area (Å²) in [5, 5.41) is 0. The molecule has 1 heteroatoms. The number of hydrogen-bond acceptors (Lipinski definition) is 1. The topological polar surface area (TPSA) is 3.24 Å². The second-order valence-corrected chi connectivity index (χ2v) is 6.53. The molecule has 0 spiro atoms. The first-order valence-corrected chi connectivity index (χ1v) is 8.03. The molecule has 1 heterocycles. The molecule has 0 aromatic heterocycles. The lowest BCUT2D eigenvalue weighted by molar-refractivity contribution is 0.0919. The Bertz CT molecular complexity index is 208. The number of nitrogens with zero attached hydrogens (tertiary/aromatic N) is 1. The van der Waals surface area contributed by atoms with Crippen LogP contribution in [0.4, 0.5) is 0 Å². The molecule has 0 amide bonds. The number of likely N-dealkylation sites (tertiary alicyclic amines) is 1. The molecule has 2 atom stereocenters. The summed E-state index contributed by atoms with van der Waals surface area (Å²) in [5.74, 6) is 2.05. The van der Waals surface area contributed by atoms with Crippen LogP contribution in [0, 0.1) is 11.8 Å². The summed E-state index contributed by atoms with van der Waals surface area (Å²) in [5.41, 5.74) is 0. The summed E-state index contributed by atoms with van der Waals surface area (Å²) in [6, 6.07) is 0.849. The number of hydrogen-bond donors (Lipinski definition) is 0. The van der Waals surface area contributed by atoms with E-state index < -0.39 is 0 Å². The summed E-state index contributed by atoms with van der Waals surface area (Å²) in [6.45, 7) is 7.58. The van der Waals surface area contributed by atoms with Gasteiger partial charge < -0.3 is 4.90 Å². The van der Waals surface area contributed by atoms with E-state index in [1.165, 1.54) is 70.9 Å². The van der Waals surface area contributed by atoms with Crippen molar-refractivity contribution < 1.29 is 0 Å². The second-order valence-electron chi connectivity index (χ2n) is 6.53. The van der Waals surface area contributed by atoms with Crippen LogP contribution in [-0.4, -0.2) is 24.0 Å². The Kier molecular flexibility index (Phi) is 5.34. The van der Waals surface area contributed by atoms with E-state index in [1.54, 1.807) is 0 Å². The Balaban J connectivity index is 1.74. The van der Waals surface area contributed by atoms with Crippen molar-refractivity contribution in [1.29, 1.82) is 0 Å². The van der Waals surface area contributed by atoms with E-state index in [4.69, 9.17) is 0 Å². The van der Waals surface area contributed by atoms with E-state index in [0.29, 0.717) is 0 Å². The average molecular weight is 237 g/mol. The lowest BCUT2D eigenvalue weighted by Crippen LogP contribution is -2.43. The van der Waals surface area contributed by atoms with Crippen LogP contribution < -0.4 is 0 Å². The Morgan fingerprint density at radius 2 is 1.76 bits per heavy atom. The van der Waals surface area contributed by atoms with Gasteiger partial charge in [0.2, 0.25) is 0 Å². The molecule has 0 radical (unpaired) electrons. The van der Waals surface area contributed by atoms with Gasteiger partial charge >= 0.3 is 0 Å². The van der Waals surface area contributed by atoms with Crippen molar-refractivity contribution in [2.45, 2.75) is 77.7 Å². The molecule has 1 nitrogen and oxygen atoms in total. The second kappa shape index (κ2) is 6.78. The molecule has 0 N–H and O–H groups in total. The standard InChI is InChI=1S/C16H31N/c1-3-7-15-10-11-17(14(2)12-15)13-16-8-5-4-6-9-16/h14-16H,3-13H2,1-2H3. The largest absolute Gasteiger partial charge is 0.300 e. The third-order valence-corrected chi connectivity index (χ3v) is 5.04. The van der Waals surface area contributed by atoms with Crippen molar-refractivity contribution in [3.8, 4) is 0 Å². The van der Waals surface area contributed by atoms with Gasteiger partial charge in [0.25, 0.3) is 0 Å². The Labute approximate surface area is 108 Å². The van der Waals surface area contributed by atoms with Gasteiger partial charge in [0.15, 0.2) is 0 Å². The van der Waals surface area contributed by atoms with Gasteiger partial charge in [-0.3, -0.25) is 0 Å². The summed E-state index contributed by atoms with van der Waals surface area (Å²) >= 11 is 0. The van der Waals surface area contributed by atoms with E-state index in [-0.39, 0.29) is 0 Å². The van der Waals surface area contributed by atoms with Crippen molar-refractivity contribution in [3.63, 3.8) is 0 Å². The normalized spacial score (nSPS) is 32.8. The zero-order valence-electron chi connectivity index (χ0n) is 12.0. The molecule has 2 rings (SSSR count). The lowest BCUT2D eigenvalue weighted by Gasteiger charge is -2.40. The molecular weight excluding hydrogens is 206 g/mol. The van der Waals surface area contributed by atoms with Gasteiger partial charge in [0.05, 0.1) is 0 Å². The van der Waals surface area contributed by atoms with E-state index in [1.807, 2.05) is 0 Å². The van der Waals surface area contributed by atoms with Gasteiger partial charge in [-0.05, 0) is 51.0 Å². The monoisotopic (exact) mass is 237 g/mol. The van der Waals surface area contributed by atoms with E-state index in [0.717, 1.165) is 17.9 Å². The number of piperidine rings is 1. The molecule has 2 fully saturated rings. The van der Waals surface area contributed by atoms with Crippen LogP contribution in [0.25, 0.3) is 0 Å². The molecule has 0 aromatic carbocycles. The van der Waals surface area contributed by atoms with E-state index in [9.17, 15) is 0 Å². The molecule has 1 aliphatic heterocycles. The maximum absolute atomic E-state index is 2.79. The summed E-state index contributed by atoms with van der Waals surface area (Å²) < 4.78 is 0. The van der Waals surface area contributed by atoms with Crippen LogP contribution in [0.3, 0.4) is 0 Å². The Morgan fingerprint density at radius 1 is 1.00 bits per heavy atom. The minimum atomic E-state index is 0.849. The molecule has 1 saturated heterocycles. The summed E-state index contributed by atoms with van der Waals surface area (Å²) in [6.07, 6.45) is 13.2. The fraction of sp³-hybridized carbons (Fsp3) is 1.00. The third kappa shape index (κ3) is 3.98. The van der Waals surface area contributed by atoms with Crippen LogP contribution in [0.1, 0.15) is 71.6 Å².